The molecule has 2 aromatic rings. The zero-order valence-electron chi connectivity index (χ0n) is 16.5. The number of aliphatic carboxylic acids is 1. The minimum Gasteiger partial charge on any atom is -0.481 e. The van der Waals surface area contributed by atoms with E-state index < -0.39 is 5.97 Å². The largest absolute Gasteiger partial charge is 0.481 e. The number of thiazole rings is 1. The molecular weight excluding hydrogens is 442 g/mol. The van der Waals surface area contributed by atoms with Crippen LogP contribution >= 0.6 is 35.3 Å². The summed E-state index contributed by atoms with van der Waals surface area (Å²) >= 11 is 7.62. The second kappa shape index (κ2) is 9.07. The molecule has 7 nitrogen and oxygen atoms in total. The van der Waals surface area contributed by atoms with Gasteiger partial charge in [-0.25, -0.2) is 4.98 Å². The van der Waals surface area contributed by atoms with Crippen LogP contribution in [0.25, 0.3) is 6.08 Å². The maximum absolute atomic E-state index is 12.6. The summed E-state index contributed by atoms with van der Waals surface area (Å²) in [5.74, 6) is -1.49. The fourth-order valence-corrected chi connectivity index (χ4v) is 5.15. The molecule has 30 heavy (non-hydrogen) atoms. The molecule has 1 aliphatic rings. The van der Waals surface area contributed by atoms with Gasteiger partial charge in [-0.1, -0.05) is 42.2 Å². The Hall–Kier alpha value is -2.56. The van der Waals surface area contributed by atoms with Crippen molar-refractivity contribution in [2.45, 2.75) is 27.2 Å². The lowest BCUT2D eigenvalue weighted by Gasteiger charge is -2.22. The lowest BCUT2D eigenvalue weighted by Crippen LogP contribution is -2.30. The Bertz CT molecular complexity index is 1060. The highest BCUT2D eigenvalue weighted by molar-refractivity contribution is 8.26. The van der Waals surface area contributed by atoms with Crippen LogP contribution in [0.5, 0.6) is 0 Å². The number of para-hydroxylation sites is 1. The maximum atomic E-state index is 12.6. The number of amides is 2. The SMILES string of the molecule is CC(=O)N(c1nc(/C=C2\SC(=S)N(CCC(=O)O)C2=O)cs1)c1c(C)cccc1C. The van der Waals surface area contributed by atoms with Crippen molar-refractivity contribution >= 4 is 74.3 Å². The molecule has 0 saturated carbocycles. The molecule has 0 unspecified atom stereocenters. The number of aromatic nitrogens is 1. The first kappa shape index (κ1) is 22.1. The molecular formula is C20H19N3O4S3. The van der Waals surface area contributed by atoms with Crippen LogP contribution in [0.4, 0.5) is 10.8 Å². The van der Waals surface area contributed by atoms with Gasteiger partial charge in [-0.2, -0.15) is 0 Å². The number of thioether (sulfide) groups is 1. The molecule has 2 amide bonds. The van der Waals surface area contributed by atoms with Crippen LogP contribution in [0.1, 0.15) is 30.2 Å². The Labute approximate surface area is 187 Å². The first-order chi connectivity index (χ1) is 14.2. The van der Waals surface area contributed by atoms with Gasteiger partial charge in [0.1, 0.15) is 4.32 Å². The second-order valence-electron chi connectivity index (χ2n) is 6.63. The number of benzene rings is 1. The van der Waals surface area contributed by atoms with Crippen LogP contribution in [-0.4, -0.2) is 43.6 Å². The summed E-state index contributed by atoms with van der Waals surface area (Å²) < 4.78 is 0.323. The van der Waals surface area contributed by atoms with E-state index in [2.05, 4.69) is 4.98 Å². The molecule has 0 aliphatic carbocycles. The van der Waals surface area contributed by atoms with Gasteiger partial charge in [0, 0.05) is 18.8 Å². The topological polar surface area (TPSA) is 90.8 Å². The summed E-state index contributed by atoms with van der Waals surface area (Å²) in [5, 5.41) is 11.1. The third-order valence-electron chi connectivity index (χ3n) is 4.38. The number of anilines is 2. The number of thiocarbonyl (C=S) groups is 1. The molecule has 0 spiro atoms. The number of aryl methyl sites for hydroxylation is 2. The van der Waals surface area contributed by atoms with Gasteiger partial charge >= 0.3 is 5.97 Å². The van der Waals surface area contributed by atoms with Gasteiger partial charge in [0.05, 0.1) is 22.7 Å². The number of hydrogen-bond acceptors (Lipinski definition) is 7. The lowest BCUT2D eigenvalue weighted by molar-refractivity contribution is -0.137. The number of hydrogen-bond donors (Lipinski definition) is 1. The molecule has 1 saturated heterocycles. The summed E-state index contributed by atoms with van der Waals surface area (Å²) in [6.07, 6.45) is 1.44. The minimum absolute atomic E-state index is 0.0321. The summed E-state index contributed by atoms with van der Waals surface area (Å²) in [4.78, 5) is 43.5. The summed E-state index contributed by atoms with van der Waals surface area (Å²) in [6, 6.07) is 5.82. The number of nitrogens with zero attached hydrogens (tertiary/aromatic N) is 3. The molecule has 156 valence electrons. The summed E-state index contributed by atoms with van der Waals surface area (Å²) in [7, 11) is 0. The van der Waals surface area contributed by atoms with E-state index in [4.69, 9.17) is 17.3 Å². The third kappa shape index (κ3) is 4.61. The Morgan fingerprint density at radius 3 is 2.57 bits per heavy atom. The zero-order valence-corrected chi connectivity index (χ0v) is 19.0. The average molecular weight is 462 g/mol. The van der Waals surface area contributed by atoms with Gasteiger partial charge in [0.15, 0.2) is 5.13 Å². The van der Waals surface area contributed by atoms with E-state index in [0.717, 1.165) is 28.6 Å². The summed E-state index contributed by atoms with van der Waals surface area (Å²) in [6.45, 7) is 5.40. The molecule has 2 heterocycles. The highest BCUT2D eigenvalue weighted by Gasteiger charge is 2.32. The van der Waals surface area contributed by atoms with Crippen molar-refractivity contribution in [3.63, 3.8) is 0 Å². The van der Waals surface area contributed by atoms with E-state index in [1.165, 1.54) is 23.2 Å². The standard InChI is InChI=1S/C20H19N3O4S3/c1-11-5-4-6-12(2)17(11)23(13(3)24)19-21-14(10-29-19)9-15-18(27)22(20(28)30-15)8-7-16(25)26/h4-6,9-10H,7-8H2,1-3H3,(H,25,26)/b15-9-. The van der Waals surface area contributed by atoms with E-state index in [0.29, 0.717) is 20.1 Å². The Morgan fingerprint density at radius 1 is 1.30 bits per heavy atom. The number of carboxylic acids is 1. The van der Waals surface area contributed by atoms with Crippen LogP contribution < -0.4 is 4.90 Å². The van der Waals surface area contributed by atoms with Crippen molar-refractivity contribution in [1.82, 2.24) is 9.88 Å². The molecule has 3 rings (SSSR count). The smallest absolute Gasteiger partial charge is 0.305 e. The van der Waals surface area contributed by atoms with Crippen molar-refractivity contribution in [1.29, 1.82) is 0 Å². The third-order valence-corrected chi connectivity index (χ3v) is 6.60. The highest BCUT2D eigenvalue weighted by atomic mass is 32.2. The van der Waals surface area contributed by atoms with E-state index >= 15 is 0 Å². The van der Waals surface area contributed by atoms with Crippen LogP contribution in [0.2, 0.25) is 0 Å². The van der Waals surface area contributed by atoms with Crippen LogP contribution in [0.3, 0.4) is 0 Å². The quantitative estimate of drug-likeness (QED) is 0.511. The number of rotatable bonds is 6. The van der Waals surface area contributed by atoms with Crippen molar-refractivity contribution in [2.75, 3.05) is 11.4 Å². The zero-order chi connectivity index (χ0) is 22.0. The van der Waals surface area contributed by atoms with Gasteiger partial charge in [0.2, 0.25) is 5.91 Å². The van der Waals surface area contributed by atoms with Gasteiger partial charge in [-0.05, 0) is 31.1 Å². The number of carbonyl (C=O) groups is 3. The van der Waals surface area contributed by atoms with E-state index in [1.54, 1.807) is 16.4 Å². The monoisotopic (exact) mass is 461 g/mol. The second-order valence-corrected chi connectivity index (χ2v) is 9.14. The van der Waals surface area contributed by atoms with Gasteiger partial charge in [-0.3, -0.25) is 24.2 Å². The molecule has 0 atom stereocenters. The van der Waals surface area contributed by atoms with Crippen molar-refractivity contribution in [3.05, 3.63) is 45.3 Å². The minimum atomic E-state index is -0.993. The first-order valence-electron chi connectivity index (χ1n) is 8.98. The average Bonchev–Trinajstić information content (AvgIpc) is 3.21. The van der Waals surface area contributed by atoms with E-state index in [1.807, 2.05) is 32.0 Å². The van der Waals surface area contributed by atoms with Crippen LogP contribution in [0.15, 0.2) is 28.5 Å². The van der Waals surface area contributed by atoms with Crippen molar-refractivity contribution in [2.24, 2.45) is 0 Å². The van der Waals surface area contributed by atoms with E-state index in [-0.39, 0.29) is 24.8 Å². The van der Waals surface area contributed by atoms with Crippen molar-refractivity contribution < 1.29 is 19.5 Å². The van der Waals surface area contributed by atoms with Gasteiger partial charge < -0.3 is 5.11 Å². The Kier molecular flexibility index (Phi) is 6.69. The maximum Gasteiger partial charge on any atom is 0.305 e. The predicted molar refractivity (Wildman–Crippen MR) is 123 cm³/mol. The van der Waals surface area contributed by atoms with Gasteiger partial charge in [-0.15, -0.1) is 11.3 Å². The van der Waals surface area contributed by atoms with Crippen LogP contribution in [0, 0.1) is 13.8 Å². The molecule has 1 aromatic heterocycles. The Balaban J connectivity index is 1.88. The number of carbonyl (C=O) groups excluding carboxylic acids is 2. The van der Waals surface area contributed by atoms with E-state index in [9.17, 15) is 14.4 Å². The molecule has 1 fully saturated rings. The first-order valence-corrected chi connectivity index (χ1v) is 11.1. The molecule has 0 radical (unpaired) electrons. The lowest BCUT2D eigenvalue weighted by atomic mass is 10.1. The molecule has 0 bridgehead atoms. The fraction of sp³-hybridized carbons (Fsp3) is 0.250. The molecule has 1 aliphatic heterocycles. The fourth-order valence-electron chi connectivity index (χ4n) is 3.03. The normalized spacial score (nSPS) is 15.2. The molecule has 1 aromatic carbocycles. The molecule has 10 heteroatoms. The van der Waals surface area contributed by atoms with Gasteiger partial charge in [0.25, 0.3) is 5.91 Å². The Morgan fingerprint density at radius 2 is 1.97 bits per heavy atom. The predicted octanol–water partition coefficient (Wildman–Crippen LogP) is 4.12. The number of carboxylic acid groups (broad SMARTS) is 1. The van der Waals surface area contributed by atoms with Crippen LogP contribution in [-0.2, 0) is 14.4 Å². The molecule has 1 N–H and O–H groups in total. The summed E-state index contributed by atoms with van der Waals surface area (Å²) in [5.41, 5.74) is 3.25. The highest BCUT2D eigenvalue weighted by Crippen LogP contribution is 2.36. The van der Waals surface area contributed by atoms with Crippen molar-refractivity contribution in [3.8, 4) is 0 Å².